The maximum Gasteiger partial charge on any atom is 0.308 e. The lowest BCUT2D eigenvalue weighted by molar-refractivity contribution is -0.215. The largest absolute Gasteiger partial charge is 0.435 e. The summed E-state index contributed by atoms with van der Waals surface area (Å²) in [5.74, 6) is 0.966. The van der Waals surface area contributed by atoms with Crippen LogP contribution in [-0.2, 0) is 23.8 Å². The minimum Gasteiger partial charge on any atom is -0.435 e. The van der Waals surface area contributed by atoms with Crippen molar-refractivity contribution in [1.29, 1.82) is 0 Å². The van der Waals surface area contributed by atoms with E-state index in [0.717, 1.165) is 12.3 Å². The second-order valence-electron chi connectivity index (χ2n) is 10.8. The molecule has 0 aromatic rings. The summed E-state index contributed by atoms with van der Waals surface area (Å²) in [6.07, 6.45) is 6.82. The molecule has 27 heavy (non-hydrogen) atoms. The van der Waals surface area contributed by atoms with Gasteiger partial charge in [-0.05, 0) is 60.2 Å². The normalized spacial score (nSPS) is 52.4. The summed E-state index contributed by atoms with van der Waals surface area (Å²) < 4.78 is 17.0. The lowest BCUT2D eigenvalue weighted by atomic mass is 9.51. The van der Waals surface area contributed by atoms with E-state index in [-0.39, 0.29) is 29.2 Å². The highest BCUT2D eigenvalue weighted by Gasteiger charge is 2.74. The molecular weight excluding hydrogens is 344 g/mol. The minimum absolute atomic E-state index is 0.0732. The van der Waals surface area contributed by atoms with Crippen LogP contribution in [-0.4, -0.2) is 24.5 Å². The molecule has 0 aromatic carbocycles. The van der Waals surface area contributed by atoms with Crippen LogP contribution in [0.3, 0.4) is 0 Å². The van der Waals surface area contributed by atoms with E-state index in [9.17, 15) is 9.59 Å². The van der Waals surface area contributed by atoms with Gasteiger partial charge in [-0.3, -0.25) is 9.59 Å². The molecule has 8 atom stereocenters. The van der Waals surface area contributed by atoms with Crippen molar-refractivity contribution >= 4 is 11.9 Å². The topological polar surface area (TPSA) is 61.8 Å². The lowest BCUT2D eigenvalue weighted by Gasteiger charge is -2.54. The first-order valence-corrected chi connectivity index (χ1v) is 10.7. The predicted octanol–water partition coefficient (Wildman–Crippen LogP) is 4.04. The van der Waals surface area contributed by atoms with Crippen LogP contribution < -0.4 is 0 Å². The van der Waals surface area contributed by atoms with Gasteiger partial charge in [-0.25, -0.2) is 0 Å². The highest BCUT2D eigenvalue weighted by atomic mass is 16.8. The molecular formula is C22H32O5. The molecule has 3 aliphatic carbocycles. The van der Waals surface area contributed by atoms with Crippen molar-refractivity contribution in [2.75, 3.05) is 0 Å². The van der Waals surface area contributed by atoms with E-state index in [4.69, 9.17) is 14.2 Å². The molecule has 2 saturated heterocycles. The number of ether oxygens (including phenoxy) is 3. The quantitative estimate of drug-likeness (QED) is 0.681. The van der Waals surface area contributed by atoms with Crippen LogP contribution in [0, 0.1) is 39.9 Å². The van der Waals surface area contributed by atoms with Crippen molar-refractivity contribution < 1.29 is 23.8 Å². The van der Waals surface area contributed by atoms with Gasteiger partial charge in [-0.2, -0.15) is 0 Å². The molecule has 3 saturated carbocycles. The van der Waals surface area contributed by atoms with Gasteiger partial charge in [0.1, 0.15) is 0 Å². The second kappa shape index (κ2) is 5.49. The van der Waals surface area contributed by atoms with Crippen LogP contribution in [0.4, 0.5) is 0 Å². The molecule has 5 heteroatoms. The molecule has 0 N–H and O–H groups in total. The second-order valence-corrected chi connectivity index (χ2v) is 10.8. The van der Waals surface area contributed by atoms with Crippen LogP contribution in [0.25, 0.3) is 0 Å². The first-order chi connectivity index (χ1) is 12.7. The molecule has 5 nitrogen and oxygen atoms in total. The maximum atomic E-state index is 12.0. The molecule has 1 spiro atoms. The van der Waals surface area contributed by atoms with E-state index < -0.39 is 12.6 Å². The third-order valence-electron chi connectivity index (χ3n) is 9.05. The van der Waals surface area contributed by atoms with Gasteiger partial charge < -0.3 is 14.2 Å². The SMILES string of the molecule is CC(=O)O[C@@H]1O[C@H]2OC(=O)C[C@@H]1[C@@H]2[C@]1(C)CC[C@H]2C(C)(C)CCC[C@@]23C[C@@H]13. The summed E-state index contributed by atoms with van der Waals surface area (Å²) in [5, 5.41) is 0. The highest BCUT2D eigenvalue weighted by Crippen LogP contribution is 2.79. The Morgan fingerprint density at radius 2 is 1.93 bits per heavy atom. The molecule has 5 aliphatic rings. The van der Waals surface area contributed by atoms with Crippen LogP contribution in [0.2, 0.25) is 0 Å². The van der Waals surface area contributed by atoms with E-state index in [1.54, 1.807) is 0 Å². The number of carbonyl (C=O) groups is 2. The average molecular weight is 376 g/mol. The first kappa shape index (κ1) is 18.0. The summed E-state index contributed by atoms with van der Waals surface area (Å²) in [6.45, 7) is 8.72. The predicted molar refractivity (Wildman–Crippen MR) is 97.1 cm³/mol. The molecule has 2 aliphatic heterocycles. The van der Waals surface area contributed by atoms with Crippen LogP contribution in [0.1, 0.15) is 72.6 Å². The molecule has 2 heterocycles. The van der Waals surface area contributed by atoms with E-state index >= 15 is 0 Å². The summed E-state index contributed by atoms with van der Waals surface area (Å²) >= 11 is 0. The van der Waals surface area contributed by atoms with Gasteiger partial charge >= 0.3 is 11.9 Å². The smallest absolute Gasteiger partial charge is 0.308 e. The lowest BCUT2D eigenvalue weighted by Crippen LogP contribution is -2.51. The Balaban J connectivity index is 1.45. The number of hydrogen-bond acceptors (Lipinski definition) is 5. The highest BCUT2D eigenvalue weighted by molar-refractivity contribution is 5.71. The van der Waals surface area contributed by atoms with Gasteiger partial charge in [0.05, 0.1) is 6.42 Å². The van der Waals surface area contributed by atoms with Crippen molar-refractivity contribution in [2.45, 2.75) is 85.2 Å². The third kappa shape index (κ3) is 2.39. The summed E-state index contributed by atoms with van der Waals surface area (Å²) in [7, 11) is 0. The Labute approximate surface area is 161 Å². The van der Waals surface area contributed by atoms with Crippen LogP contribution >= 0.6 is 0 Å². The number of carbonyl (C=O) groups excluding carboxylic acids is 2. The van der Waals surface area contributed by atoms with Crippen molar-refractivity contribution in [3.63, 3.8) is 0 Å². The van der Waals surface area contributed by atoms with Gasteiger partial charge in [0.2, 0.25) is 12.6 Å². The number of hydrogen-bond donors (Lipinski definition) is 0. The Morgan fingerprint density at radius 1 is 1.15 bits per heavy atom. The summed E-state index contributed by atoms with van der Waals surface area (Å²) in [5.41, 5.74) is 1.00. The van der Waals surface area contributed by atoms with Crippen LogP contribution in [0.15, 0.2) is 0 Å². The molecule has 5 rings (SSSR count). The Bertz CT molecular complexity index is 686. The van der Waals surface area contributed by atoms with Crippen molar-refractivity contribution in [1.82, 2.24) is 0 Å². The molecule has 0 radical (unpaired) electrons. The van der Waals surface area contributed by atoms with E-state index in [1.807, 2.05) is 0 Å². The Hall–Kier alpha value is -1.10. The standard InChI is InChI=1S/C22H32O5/c1-12(23)25-18-13-10-16(24)26-19(27-18)17(13)21(4)9-6-14-20(2,3)7-5-8-22(14)11-15(21)22/h13-15,17-19H,5-11H2,1-4H3/t13-,14+,15+,17+,18-,19-,21-,22-/m1/s1. The molecule has 150 valence electrons. The average Bonchev–Trinajstić information content (AvgIpc) is 3.23. The zero-order chi connectivity index (χ0) is 19.2. The molecule has 0 amide bonds. The molecule has 0 aromatic heterocycles. The zero-order valence-electron chi connectivity index (χ0n) is 17.0. The first-order valence-electron chi connectivity index (χ1n) is 10.7. The summed E-state index contributed by atoms with van der Waals surface area (Å²) in [6, 6.07) is 0. The number of esters is 2. The number of rotatable bonds is 2. The number of fused-ring (bicyclic) bond motifs is 2. The molecule has 0 unspecified atom stereocenters. The van der Waals surface area contributed by atoms with Gasteiger partial charge in [0, 0.05) is 18.8 Å². The fourth-order valence-corrected chi connectivity index (χ4v) is 8.04. The van der Waals surface area contributed by atoms with E-state index in [0.29, 0.717) is 23.2 Å². The van der Waals surface area contributed by atoms with Gasteiger partial charge in [-0.15, -0.1) is 0 Å². The summed E-state index contributed by atoms with van der Waals surface area (Å²) in [4.78, 5) is 23.6. The zero-order valence-corrected chi connectivity index (χ0v) is 17.0. The minimum atomic E-state index is -0.643. The van der Waals surface area contributed by atoms with Crippen LogP contribution in [0.5, 0.6) is 0 Å². The fraction of sp³-hybridized carbons (Fsp3) is 0.909. The Kier molecular flexibility index (Phi) is 3.65. The fourth-order valence-electron chi connectivity index (χ4n) is 8.04. The van der Waals surface area contributed by atoms with Crippen molar-refractivity contribution in [3.05, 3.63) is 0 Å². The Morgan fingerprint density at radius 3 is 2.67 bits per heavy atom. The van der Waals surface area contributed by atoms with Gasteiger partial charge in [-0.1, -0.05) is 27.2 Å². The maximum absolute atomic E-state index is 12.0. The van der Waals surface area contributed by atoms with Gasteiger partial charge in [0.25, 0.3) is 0 Å². The monoisotopic (exact) mass is 376 g/mol. The molecule has 5 fully saturated rings. The van der Waals surface area contributed by atoms with Crippen molar-refractivity contribution in [2.24, 2.45) is 39.9 Å². The molecule has 2 bridgehead atoms. The van der Waals surface area contributed by atoms with Crippen molar-refractivity contribution in [3.8, 4) is 0 Å². The van der Waals surface area contributed by atoms with Gasteiger partial charge in [0.15, 0.2) is 0 Å². The van der Waals surface area contributed by atoms with E-state index in [2.05, 4.69) is 20.8 Å². The third-order valence-corrected chi connectivity index (χ3v) is 9.05. The van der Waals surface area contributed by atoms with E-state index in [1.165, 1.54) is 39.0 Å².